The van der Waals surface area contributed by atoms with Crippen LogP contribution in [0.5, 0.6) is 0 Å². The molecule has 2 N–H and O–H groups in total. The largest absolute Gasteiger partial charge is 0.444 e. The SMILES string of the molecule is CC(C)(C)OC(=O)NC1CC(NCC2Cc3ccccc32)C1. The molecule has 1 aromatic carbocycles. The molecule has 2 aliphatic rings. The number of benzene rings is 1. The fourth-order valence-corrected chi connectivity index (χ4v) is 3.23. The lowest BCUT2D eigenvalue weighted by atomic mass is 9.77. The molecule has 1 amide bonds. The molecule has 0 saturated heterocycles. The van der Waals surface area contributed by atoms with Crippen molar-refractivity contribution in [3.8, 4) is 0 Å². The summed E-state index contributed by atoms with van der Waals surface area (Å²) in [6, 6.07) is 9.46. The molecule has 3 rings (SSSR count). The molecule has 0 aliphatic heterocycles. The summed E-state index contributed by atoms with van der Waals surface area (Å²) < 4.78 is 5.27. The Morgan fingerprint density at radius 3 is 2.64 bits per heavy atom. The molecular weight excluding hydrogens is 276 g/mol. The van der Waals surface area contributed by atoms with E-state index in [0.717, 1.165) is 19.4 Å². The molecule has 0 aromatic heterocycles. The number of carbonyl (C=O) groups excluding carboxylic acids is 1. The van der Waals surface area contributed by atoms with Gasteiger partial charge in [-0.05, 0) is 51.2 Å². The molecule has 4 nitrogen and oxygen atoms in total. The van der Waals surface area contributed by atoms with E-state index < -0.39 is 5.60 Å². The van der Waals surface area contributed by atoms with Gasteiger partial charge in [-0.15, -0.1) is 0 Å². The van der Waals surface area contributed by atoms with Gasteiger partial charge in [-0.1, -0.05) is 24.3 Å². The number of hydrogen-bond donors (Lipinski definition) is 2. The molecular formula is C18H26N2O2. The highest BCUT2D eigenvalue weighted by molar-refractivity contribution is 5.68. The standard InChI is InChI=1S/C18H26N2O2/c1-18(2,3)22-17(21)20-15-9-14(10-15)19-11-13-8-12-6-4-5-7-16(12)13/h4-7,13-15,19H,8-11H2,1-3H3,(H,20,21). The van der Waals surface area contributed by atoms with E-state index in [2.05, 4.69) is 34.9 Å². The fourth-order valence-electron chi connectivity index (χ4n) is 3.23. The summed E-state index contributed by atoms with van der Waals surface area (Å²) in [6.07, 6.45) is 2.88. The summed E-state index contributed by atoms with van der Waals surface area (Å²) in [5.41, 5.74) is 2.56. The van der Waals surface area contributed by atoms with Crippen molar-refractivity contribution in [3.05, 3.63) is 35.4 Å². The predicted molar refractivity (Wildman–Crippen MR) is 87.1 cm³/mol. The van der Waals surface area contributed by atoms with Crippen molar-refractivity contribution in [1.82, 2.24) is 10.6 Å². The molecule has 0 bridgehead atoms. The number of nitrogens with one attached hydrogen (secondary N) is 2. The lowest BCUT2D eigenvalue weighted by Crippen LogP contribution is -2.54. The van der Waals surface area contributed by atoms with Crippen LogP contribution in [0.2, 0.25) is 0 Å². The maximum atomic E-state index is 11.7. The molecule has 1 saturated carbocycles. The van der Waals surface area contributed by atoms with Gasteiger partial charge in [0.1, 0.15) is 5.60 Å². The molecule has 0 spiro atoms. The van der Waals surface area contributed by atoms with Gasteiger partial charge in [0.25, 0.3) is 0 Å². The van der Waals surface area contributed by atoms with E-state index in [9.17, 15) is 4.79 Å². The van der Waals surface area contributed by atoms with Crippen LogP contribution in [0.25, 0.3) is 0 Å². The Morgan fingerprint density at radius 1 is 1.23 bits per heavy atom. The zero-order valence-electron chi connectivity index (χ0n) is 13.7. The number of carbonyl (C=O) groups is 1. The summed E-state index contributed by atoms with van der Waals surface area (Å²) >= 11 is 0. The van der Waals surface area contributed by atoms with Crippen LogP contribution in [0.15, 0.2) is 24.3 Å². The van der Waals surface area contributed by atoms with Crippen molar-refractivity contribution in [2.75, 3.05) is 6.54 Å². The minimum absolute atomic E-state index is 0.251. The van der Waals surface area contributed by atoms with Gasteiger partial charge in [0.15, 0.2) is 0 Å². The zero-order chi connectivity index (χ0) is 15.7. The van der Waals surface area contributed by atoms with Gasteiger partial charge in [0, 0.05) is 24.5 Å². The smallest absolute Gasteiger partial charge is 0.407 e. The van der Waals surface area contributed by atoms with E-state index in [-0.39, 0.29) is 12.1 Å². The van der Waals surface area contributed by atoms with E-state index in [4.69, 9.17) is 4.74 Å². The normalized spacial score (nSPS) is 26.4. The van der Waals surface area contributed by atoms with E-state index in [0.29, 0.717) is 12.0 Å². The maximum Gasteiger partial charge on any atom is 0.407 e. The Kier molecular flexibility index (Phi) is 4.13. The van der Waals surface area contributed by atoms with Crippen LogP contribution in [0.3, 0.4) is 0 Å². The average molecular weight is 302 g/mol. The van der Waals surface area contributed by atoms with Gasteiger partial charge in [-0.2, -0.15) is 0 Å². The minimum Gasteiger partial charge on any atom is -0.444 e. The summed E-state index contributed by atoms with van der Waals surface area (Å²) in [5.74, 6) is 0.661. The molecule has 22 heavy (non-hydrogen) atoms. The van der Waals surface area contributed by atoms with Crippen LogP contribution >= 0.6 is 0 Å². The molecule has 2 aliphatic carbocycles. The number of ether oxygens (including phenoxy) is 1. The monoisotopic (exact) mass is 302 g/mol. The zero-order valence-corrected chi connectivity index (χ0v) is 13.7. The Morgan fingerprint density at radius 2 is 1.95 bits per heavy atom. The number of hydrogen-bond acceptors (Lipinski definition) is 3. The highest BCUT2D eigenvalue weighted by atomic mass is 16.6. The highest BCUT2D eigenvalue weighted by Crippen LogP contribution is 2.34. The van der Waals surface area contributed by atoms with Crippen molar-refractivity contribution in [1.29, 1.82) is 0 Å². The number of alkyl carbamates (subject to hydrolysis) is 1. The molecule has 0 heterocycles. The van der Waals surface area contributed by atoms with Crippen molar-refractivity contribution in [2.24, 2.45) is 0 Å². The van der Waals surface area contributed by atoms with E-state index >= 15 is 0 Å². The van der Waals surface area contributed by atoms with Crippen LogP contribution < -0.4 is 10.6 Å². The Bertz CT molecular complexity index is 544. The molecule has 120 valence electrons. The van der Waals surface area contributed by atoms with E-state index in [1.165, 1.54) is 17.5 Å². The van der Waals surface area contributed by atoms with Gasteiger partial charge in [-0.25, -0.2) is 4.79 Å². The van der Waals surface area contributed by atoms with E-state index in [1.54, 1.807) is 0 Å². The third kappa shape index (κ3) is 3.61. The van der Waals surface area contributed by atoms with Gasteiger partial charge >= 0.3 is 6.09 Å². The van der Waals surface area contributed by atoms with Gasteiger partial charge in [0.2, 0.25) is 0 Å². The molecule has 1 aromatic rings. The second-order valence-corrected chi connectivity index (χ2v) is 7.52. The van der Waals surface area contributed by atoms with Crippen LogP contribution in [-0.2, 0) is 11.2 Å². The molecule has 4 heteroatoms. The first kappa shape index (κ1) is 15.3. The van der Waals surface area contributed by atoms with Crippen molar-refractivity contribution in [3.63, 3.8) is 0 Å². The molecule has 1 atom stereocenters. The van der Waals surface area contributed by atoms with Crippen molar-refractivity contribution in [2.45, 2.75) is 63.6 Å². The van der Waals surface area contributed by atoms with Gasteiger partial charge in [-0.3, -0.25) is 0 Å². The molecule has 0 radical (unpaired) electrons. The topological polar surface area (TPSA) is 50.4 Å². The first-order chi connectivity index (χ1) is 10.4. The Labute approximate surface area is 132 Å². The summed E-state index contributed by atoms with van der Waals surface area (Å²) in [6.45, 7) is 6.69. The quantitative estimate of drug-likeness (QED) is 0.899. The minimum atomic E-state index is -0.427. The van der Waals surface area contributed by atoms with E-state index in [1.807, 2.05) is 20.8 Å². The van der Waals surface area contributed by atoms with Crippen LogP contribution in [0.4, 0.5) is 4.79 Å². The average Bonchev–Trinajstić information content (AvgIpc) is 2.34. The van der Waals surface area contributed by atoms with Crippen LogP contribution in [0, 0.1) is 0 Å². The second kappa shape index (κ2) is 5.92. The Hall–Kier alpha value is -1.55. The summed E-state index contributed by atoms with van der Waals surface area (Å²) in [4.78, 5) is 11.7. The predicted octanol–water partition coefficient (Wildman–Crippen LogP) is 2.97. The molecule has 1 unspecified atom stereocenters. The highest BCUT2D eigenvalue weighted by Gasteiger charge is 2.33. The third-order valence-corrected chi connectivity index (χ3v) is 4.47. The van der Waals surface area contributed by atoms with Gasteiger partial charge in [0.05, 0.1) is 0 Å². The summed E-state index contributed by atoms with van der Waals surface area (Å²) in [7, 11) is 0. The summed E-state index contributed by atoms with van der Waals surface area (Å²) in [5, 5.41) is 6.55. The number of rotatable bonds is 4. The number of fused-ring (bicyclic) bond motifs is 1. The third-order valence-electron chi connectivity index (χ3n) is 4.47. The van der Waals surface area contributed by atoms with Crippen molar-refractivity contribution >= 4 is 6.09 Å². The lowest BCUT2D eigenvalue weighted by Gasteiger charge is -2.39. The van der Waals surface area contributed by atoms with Crippen LogP contribution in [0.1, 0.15) is 50.7 Å². The van der Waals surface area contributed by atoms with Crippen molar-refractivity contribution < 1.29 is 9.53 Å². The maximum absolute atomic E-state index is 11.7. The number of amides is 1. The fraction of sp³-hybridized carbons (Fsp3) is 0.611. The second-order valence-electron chi connectivity index (χ2n) is 7.52. The van der Waals surface area contributed by atoms with Crippen LogP contribution in [-0.4, -0.2) is 30.3 Å². The lowest BCUT2D eigenvalue weighted by molar-refractivity contribution is 0.0465. The Balaban J connectivity index is 1.33. The molecule has 1 fully saturated rings. The van der Waals surface area contributed by atoms with Gasteiger partial charge < -0.3 is 15.4 Å². The first-order valence-corrected chi connectivity index (χ1v) is 8.21. The first-order valence-electron chi connectivity index (χ1n) is 8.21.